The quantitative estimate of drug-likeness (QED) is 0.386. The molecule has 0 spiro atoms. The Labute approximate surface area is 86.7 Å². The number of rotatable bonds is 5. The molecule has 0 heterocycles. The molecule has 0 aromatic rings. The first-order valence-corrected chi connectivity index (χ1v) is 5.12. The van der Waals surface area contributed by atoms with Crippen LogP contribution in [0, 0.1) is 0 Å². The van der Waals surface area contributed by atoms with Gasteiger partial charge in [0.15, 0.2) is 6.23 Å². The summed E-state index contributed by atoms with van der Waals surface area (Å²) in [5.41, 5.74) is 0. The van der Waals surface area contributed by atoms with E-state index in [9.17, 15) is 4.79 Å². The predicted molar refractivity (Wildman–Crippen MR) is 57.9 cm³/mol. The van der Waals surface area contributed by atoms with Crippen LogP contribution in [-0.4, -0.2) is 29.7 Å². The number of hydrogen-bond acceptors (Lipinski definition) is 3. The van der Waals surface area contributed by atoms with Crippen LogP contribution >= 0.6 is 0 Å². The summed E-state index contributed by atoms with van der Waals surface area (Å²) in [4.78, 5) is 13.3. The maximum atomic E-state index is 11.2. The second-order valence-electron chi connectivity index (χ2n) is 3.46. The van der Waals surface area contributed by atoms with Crippen molar-refractivity contribution in [3.05, 3.63) is 12.2 Å². The molecule has 1 unspecified atom stereocenters. The minimum atomic E-state index is -0.279. The van der Waals surface area contributed by atoms with Crippen LogP contribution in [0.15, 0.2) is 12.2 Å². The van der Waals surface area contributed by atoms with E-state index in [0.717, 1.165) is 6.54 Å². The van der Waals surface area contributed by atoms with Crippen molar-refractivity contribution in [2.45, 2.75) is 46.9 Å². The molecule has 0 saturated heterocycles. The molecule has 0 aliphatic rings. The molecule has 3 nitrogen and oxygen atoms in total. The van der Waals surface area contributed by atoms with E-state index < -0.39 is 0 Å². The van der Waals surface area contributed by atoms with Crippen molar-refractivity contribution < 1.29 is 9.53 Å². The van der Waals surface area contributed by atoms with E-state index in [0.29, 0.717) is 6.04 Å². The van der Waals surface area contributed by atoms with Crippen molar-refractivity contribution in [2.75, 3.05) is 6.54 Å². The highest BCUT2D eigenvalue weighted by molar-refractivity contribution is 5.81. The number of hydrogen-bond donors (Lipinski definition) is 0. The van der Waals surface area contributed by atoms with Gasteiger partial charge in [-0.2, -0.15) is 0 Å². The fourth-order valence-corrected chi connectivity index (χ4v) is 1.45. The van der Waals surface area contributed by atoms with Gasteiger partial charge in [-0.3, -0.25) is 4.90 Å². The first-order chi connectivity index (χ1) is 6.52. The Hall–Kier alpha value is -0.830. The Morgan fingerprint density at radius 3 is 2.36 bits per heavy atom. The van der Waals surface area contributed by atoms with E-state index in [1.807, 2.05) is 6.92 Å². The van der Waals surface area contributed by atoms with Gasteiger partial charge in [0.05, 0.1) is 0 Å². The topological polar surface area (TPSA) is 29.5 Å². The lowest BCUT2D eigenvalue weighted by Crippen LogP contribution is -2.40. The summed E-state index contributed by atoms with van der Waals surface area (Å²) >= 11 is 0. The lowest BCUT2D eigenvalue weighted by molar-refractivity contribution is -0.152. The minimum absolute atomic E-state index is 0.163. The molecular weight excluding hydrogens is 178 g/mol. The predicted octanol–water partition coefficient (Wildman–Crippen LogP) is 2.18. The van der Waals surface area contributed by atoms with Crippen molar-refractivity contribution in [3.63, 3.8) is 0 Å². The molecule has 0 radical (unpaired) electrons. The maximum absolute atomic E-state index is 11.2. The zero-order valence-electron chi connectivity index (χ0n) is 9.78. The van der Waals surface area contributed by atoms with Crippen molar-refractivity contribution in [2.24, 2.45) is 0 Å². The Bertz CT molecular complexity index is 199. The monoisotopic (exact) mass is 199 g/mol. The molecule has 0 rings (SSSR count). The molecule has 0 bridgehead atoms. The van der Waals surface area contributed by atoms with E-state index in [4.69, 9.17) is 4.74 Å². The van der Waals surface area contributed by atoms with Crippen LogP contribution < -0.4 is 0 Å². The third-order valence-electron chi connectivity index (χ3n) is 2.08. The molecule has 0 fully saturated rings. The fraction of sp³-hybridized carbons (Fsp3) is 0.727. The Morgan fingerprint density at radius 1 is 1.43 bits per heavy atom. The number of esters is 1. The smallest absolute Gasteiger partial charge is 0.331 e. The van der Waals surface area contributed by atoms with Crippen LogP contribution in [0.25, 0.3) is 0 Å². The SMILES string of the molecule is C/C=C/C(=O)OC(C)N(CC)C(C)C. The highest BCUT2D eigenvalue weighted by Crippen LogP contribution is 2.06. The van der Waals surface area contributed by atoms with E-state index in [1.165, 1.54) is 6.08 Å². The molecule has 0 saturated carbocycles. The summed E-state index contributed by atoms with van der Waals surface area (Å²) in [6, 6.07) is 0.383. The van der Waals surface area contributed by atoms with Gasteiger partial charge in [-0.25, -0.2) is 4.79 Å². The molecule has 0 aromatic heterocycles. The first-order valence-electron chi connectivity index (χ1n) is 5.12. The second-order valence-corrected chi connectivity index (χ2v) is 3.46. The molecule has 0 aromatic carbocycles. The number of carbonyl (C=O) groups is 1. The lowest BCUT2D eigenvalue weighted by atomic mass is 10.3. The molecule has 0 amide bonds. The summed E-state index contributed by atoms with van der Waals surface area (Å²) in [5.74, 6) is -0.279. The molecule has 0 aliphatic heterocycles. The average molecular weight is 199 g/mol. The summed E-state index contributed by atoms with van der Waals surface area (Å²) < 4.78 is 5.21. The Kier molecular flexibility index (Phi) is 6.21. The van der Waals surface area contributed by atoms with Gasteiger partial charge in [-0.15, -0.1) is 0 Å². The van der Waals surface area contributed by atoms with Gasteiger partial charge in [0.25, 0.3) is 0 Å². The molecule has 0 aliphatic carbocycles. The van der Waals surface area contributed by atoms with Crippen LogP contribution in [-0.2, 0) is 9.53 Å². The molecule has 14 heavy (non-hydrogen) atoms. The summed E-state index contributed by atoms with van der Waals surface area (Å²) in [6.07, 6.45) is 2.95. The highest BCUT2D eigenvalue weighted by Gasteiger charge is 2.17. The molecule has 3 heteroatoms. The van der Waals surface area contributed by atoms with Gasteiger partial charge in [0, 0.05) is 12.1 Å². The Balaban J connectivity index is 4.16. The van der Waals surface area contributed by atoms with Crippen molar-refractivity contribution in [1.82, 2.24) is 4.90 Å². The number of nitrogens with zero attached hydrogens (tertiary/aromatic N) is 1. The lowest BCUT2D eigenvalue weighted by Gasteiger charge is -2.30. The molecular formula is C11H21NO2. The first kappa shape index (κ1) is 13.2. The van der Waals surface area contributed by atoms with Gasteiger partial charge in [-0.1, -0.05) is 13.0 Å². The van der Waals surface area contributed by atoms with E-state index in [1.54, 1.807) is 13.0 Å². The van der Waals surface area contributed by atoms with Crippen LogP contribution in [0.3, 0.4) is 0 Å². The highest BCUT2D eigenvalue weighted by atomic mass is 16.6. The number of ether oxygens (including phenoxy) is 1. The summed E-state index contributed by atoms with van der Waals surface area (Å²) in [6.45, 7) is 10.8. The largest absolute Gasteiger partial charge is 0.443 e. The van der Waals surface area contributed by atoms with E-state index in [-0.39, 0.29) is 12.2 Å². The standard InChI is InChI=1S/C11H21NO2/c1-6-8-11(13)14-10(5)12(7-2)9(3)4/h6,8-10H,7H2,1-5H3/b8-6+. The van der Waals surface area contributed by atoms with E-state index in [2.05, 4.69) is 25.7 Å². The average Bonchev–Trinajstić information content (AvgIpc) is 2.04. The maximum Gasteiger partial charge on any atom is 0.331 e. The minimum Gasteiger partial charge on any atom is -0.443 e. The van der Waals surface area contributed by atoms with Crippen LogP contribution in [0.1, 0.15) is 34.6 Å². The van der Waals surface area contributed by atoms with Gasteiger partial charge in [-0.05, 0) is 34.2 Å². The third kappa shape index (κ3) is 4.42. The van der Waals surface area contributed by atoms with Crippen molar-refractivity contribution in [1.29, 1.82) is 0 Å². The fourth-order valence-electron chi connectivity index (χ4n) is 1.45. The van der Waals surface area contributed by atoms with Crippen molar-refractivity contribution in [3.8, 4) is 0 Å². The summed E-state index contributed by atoms with van der Waals surface area (Å²) in [7, 11) is 0. The van der Waals surface area contributed by atoms with Gasteiger partial charge >= 0.3 is 5.97 Å². The van der Waals surface area contributed by atoms with Gasteiger partial charge < -0.3 is 4.74 Å². The van der Waals surface area contributed by atoms with Crippen LogP contribution in [0.4, 0.5) is 0 Å². The van der Waals surface area contributed by atoms with Gasteiger partial charge in [0.1, 0.15) is 0 Å². The van der Waals surface area contributed by atoms with Crippen LogP contribution in [0.2, 0.25) is 0 Å². The zero-order valence-corrected chi connectivity index (χ0v) is 9.78. The molecule has 0 N–H and O–H groups in total. The molecule has 1 atom stereocenters. The third-order valence-corrected chi connectivity index (χ3v) is 2.08. The number of allylic oxidation sites excluding steroid dienone is 1. The molecule has 82 valence electrons. The van der Waals surface area contributed by atoms with Crippen molar-refractivity contribution >= 4 is 5.97 Å². The zero-order chi connectivity index (χ0) is 11.1. The normalized spacial score (nSPS) is 13.9. The number of carbonyl (C=O) groups excluding carboxylic acids is 1. The Morgan fingerprint density at radius 2 is 2.00 bits per heavy atom. The second kappa shape index (κ2) is 6.60. The summed E-state index contributed by atoms with van der Waals surface area (Å²) in [5, 5.41) is 0. The van der Waals surface area contributed by atoms with Gasteiger partial charge in [0.2, 0.25) is 0 Å². The van der Waals surface area contributed by atoms with E-state index >= 15 is 0 Å². The van der Waals surface area contributed by atoms with Crippen LogP contribution in [0.5, 0.6) is 0 Å².